The second-order valence-corrected chi connectivity index (χ2v) is 3.42. The lowest BCUT2D eigenvalue weighted by atomic mass is 10.4. The van der Waals surface area contributed by atoms with Gasteiger partial charge in [0, 0.05) is 26.1 Å². The van der Waals surface area contributed by atoms with Gasteiger partial charge >= 0.3 is 0 Å². The summed E-state index contributed by atoms with van der Waals surface area (Å²) in [7, 11) is 1.62. The van der Waals surface area contributed by atoms with Crippen LogP contribution in [0.3, 0.4) is 0 Å². The summed E-state index contributed by atoms with van der Waals surface area (Å²) in [4.78, 5) is 19.4. The van der Waals surface area contributed by atoms with Crippen LogP contribution in [0, 0.1) is 6.92 Å². The van der Waals surface area contributed by atoms with E-state index < -0.39 is 0 Å². The van der Waals surface area contributed by atoms with E-state index in [1.807, 2.05) is 6.92 Å². The Hall–Kier alpha value is -1.85. The van der Waals surface area contributed by atoms with E-state index in [2.05, 4.69) is 20.6 Å². The van der Waals surface area contributed by atoms with Crippen molar-refractivity contribution < 1.29 is 9.53 Å². The van der Waals surface area contributed by atoms with Gasteiger partial charge in [0.1, 0.15) is 11.6 Å². The summed E-state index contributed by atoms with van der Waals surface area (Å²) in [5.41, 5.74) is 0. The summed E-state index contributed by atoms with van der Waals surface area (Å²) in [6.07, 6.45) is 0.406. The summed E-state index contributed by atoms with van der Waals surface area (Å²) < 4.78 is 5.31. The molecule has 0 unspecified atom stereocenters. The van der Waals surface area contributed by atoms with Gasteiger partial charge in [0.25, 0.3) is 0 Å². The normalized spacial score (nSPS) is 9.82. The highest BCUT2D eigenvalue weighted by atomic mass is 16.5. The van der Waals surface area contributed by atoms with Gasteiger partial charge in [-0.25, -0.2) is 4.98 Å². The number of anilines is 1. The summed E-state index contributed by atoms with van der Waals surface area (Å²) in [6.45, 7) is 4.79. The Morgan fingerprint density at radius 2 is 2.24 bits per heavy atom. The first kappa shape index (κ1) is 13.2. The Morgan fingerprint density at radius 1 is 1.47 bits per heavy atom. The lowest BCUT2D eigenvalue weighted by Gasteiger charge is -2.08. The molecule has 17 heavy (non-hydrogen) atoms. The van der Waals surface area contributed by atoms with E-state index in [4.69, 9.17) is 4.74 Å². The molecule has 6 heteroatoms. The van der Waals surface area contributed by atoms with Crippen molar-refractivity contribution in [1.29, 1.82) is 0 Å². The number of carbonyl (C=O) groups is 1. The largest absolute Gasteiger partial charge is 0.478 e. The maximum atomic E-state index is 11.0. The number of nitrogens with zero attached hydrogens (tertiary/aromatic N) is 2. The maximum Gasteiger partial charge on any atom is 0.221 e. The summed E-state index contributed by atoms with van der Waals surface area (Å²) in [5, 5.41) is 5.62. The number of aromatic nitrogens is 2. The molecule has 1 aromatic rings. The second-order valence-electron chi connectivity index (χ2n) is 3.42. The number of amides is 1. The summed E-state index contributed by atoms with van der Waals surface area (Å²) >= 11 is 0. The molecule has 1 amide bonds. The van der Waals surface area contributed by atoms with Crippen molar-refractivity contribution in [2.24, 2.45) is 0 Å². The predicted molar refractivity (Wildman–Crippen MR) is 65.1 cm³/mol. The molecular weight excluding hydrogens is 220 g/mol. The zero-order valence-electron chi connectivity index (χ0n) is 10.4. The minimum Gasteiger partial charge on any atom is -0.478 e. The summed E-state index contributed by atoms with van der Waals surface area (Å²) in [5.74, 6) is 1.85. The topological polar surface area (TPSA) is 76.1 Å². The van der Waals surface area contributed by atoms with Gasteiger partial charge in [-0.2, -0.15) is 4.98 Å². The molecular formula is C11H18N4O2. The fourth-order valence-electron chi connectivity index (χ4n) is 1.28. The predicted octanol–water partition coefficient (Wildman–Crippen LogP) is 0.732. The number of nitrogens with one attached hydrogen (secondary N) is 2. The third-order valence-corrected chi connectivity index (χ3v) is 2.04. The van der Waals surface area contributed by atoms with Gasteiger partial charge in [-0.1, -0.05) is 0 Å². The van der Waals surface area contributed by atoms with Gasteiger partial charge in [0.2, 0.25) is 11.8 Å². The van der Waals surface area contributed by atoms with Crippen molar-refractivity contribution in [3.63, 3.8) is 0 Å². The molecule has 0 aliphatic rings. The molecule has 0 radical (unpaired) electrons. The fourth-order valence-corrected chi connectivity index (χ4v) is 1.28. The van der Waals surface area contributed by atoms with Crippen molar-refractivity contribution in [1.82, 2.24) is 15.3 Å². The molecule has 0 aliphatic heterocycles. The second kappa shape index (κ2) is 6.67. The number of aryl methyl sites for hydroxylation is 1. The van der Waals surface area contributed by atoms with E-state index in [1.54, 1.807) is 20.0 Å². The van der Waals surface area contributed by atoms with Crippen LogP contribution in [-0.4, -0.2) is 36.1 Å². The first-order valence-corrected chi connectivity index (χ1v) is 5.58. The Bertz CT molecular complexity index is 382. The van der Waals surface area contributed by atoms with Gasteiger partial charge in [0.15, 0.2) is 0 Å². The lowest BCUT2D eigenvalue weighted by Crippen LogP contribution is -2.21. The highest BCUT2D eigenvalue weighted by Gasteiger charge is 2.03. The molecule has 1 aromatic heterocycles. The van der Waals surface area contributed by atoms with Crippen molar-refractivity contribution >= 4 is 11.7 Å². The zero-order chi connectivity index (χ0) is 12.7. The lowest BCUT2D eigenvalue weighted by molar-refractivity contribution is -0.120. The molecule has 0 saturated carbocycles. The van der Waals surface area contributed by atoms with Crippen LogP contribution in [0.4, 0.5) is 5.82 Å². The molecule has 0 fully saturated rings. The SMILES string of the molecule is CCOc1cc(NCCC(=O)NC)nc(C)n1. The zero-order valence-corrected chi connectivity index (χ0v) is 10.4. The van der Waals surface area contributed by atoms with Gasteiger partial charge in [-0.3, -0.25) is 4.79 Å². The fraction of sp³-hybridized carbons (Fsp3) is 0.545. The first-order chi connectivity index (χ1) is 8.15. The molecule has 0 spiro atoms. The maximum absolute atomic E-state index is 11.0. The van der Waals surface area contributed by atoms with Crippen LogP contribution < -0.4 is 15.4 Å². The Kier molecular flexibility index (Phi) is 5.19. The van der Waals surface area contributed by atoms with Gasteiger partial charge in [-0.05, 0) is 13.8 Å². The quantitative estimate of drug-likeness (QED) is 0.764. The molecule has 1 heterocycles. The van der Waals surface area contributed by atoms with Crippen molar-refractivity contribution in [3.8, 4) is 5.88 Å². The standard InChI is InChI=1S/C11H18N4O2/c1-4-17-11-7-9(14-8(2)15-11)13-6-5-10(16)12-3/h7H,4-6H2,1-3H3,(H,12,16)(H,13,14,15). The molecule has 94 valence electrons. The van der Waals surface area contributed by atoms with Crippen LogP contribution in [-0.2, 0) is 4.79 Å². The first-order valence-electron chi connectivity index (χ1n) is 5.58. The van der Waals surface area contributed by atoms with E-state index in [-0.39, 0.29) is 5.91 Å². The highest BCUT2D eigenvalue weighted by molar-refractivity contribution is 5.76. The van der Waals surface area contributed by atoms with Crippen LogP contribution in [0.25, 0.3) is 0 Å². The van der Waals surface area contributed by atoms with Crippen LogP contribution in [0.5, 0.6) is 5.88 Å². The van der Waals surface area contributed by atoms with Crippen LogP contribution in [0.1, 0.15) is 19.2 Å². The Balaban J connectivity index is 2.55. The van der Waals surface area contributed by atoms with E-state index in [9.17, 15) is 4.79 Å². The molecule has 0 aromatic carbocycles. The van der Waals surface area contributed by atoms with Gasteiger partial charge in [0.05, 0.1) is 6.61 Å². The Labute approximate surface area is 101 Å². The van der Waals surface area contributed by atoms with E-state index in [0.29, 0.717) is 37.1 Å². The van der Waals surface area contributed by atoms with Gasteiger partial charge in [-0.15, -0.1) is 0 Å². The number of hydrogen-bond acceptors (Lipinski definition) is 5. The third-order valence-electron chi connectivity index (χ3n) is 2.04. The summed E-state index contributed by atoms with van der Waals surface area (Å²) in [6, 6.07) is 1.72. The molecule has 6 nitrogen and oxygen atoms in total. The average molecular weight is 238 g/mol. The Morgan fingerprint density at radius 3 is 2.88 bits per heavy atom. The monoisotopic (exact) mass is 238 g/mol. The highest BCUT2D eigenvalue weighted by Crippen LogP contribution is 2.12. The third kappa shape index (κ3) is 4.67. The van der Waals surface area contributed by atoms with Crippen LogP contribution in [0.15, 0.2) is 6.07 Å². The number of carbonyl (C=O) groups excluding carboxylic acids is 1. The van der Waals surface area contributed by atoms with Crippen LogP contribution in [0.2, 0.25) is 0 Å². The van der Waals surface area contributed by atoms with E-state index in [0.717, 1.165) is 0 Å². The van der Waals surface area contributed by atoms with E-state index >= 15 is 0 Å². The molecule has 0 bridgehead atoms. The smallest absolute Gasteiger partial charge is 0.221 e. The molecule has 1 rings (SSSR count). The minimum absolute atomic E-state index is 0.00619. The molecule has 0 aliphatic carbocycles. The van der Waals surface area contributed by atoms with Gasteiger partial charge < -0.3 is 15.4 Å². The number of rotatable bonds is 6. The molecule has 0 atom stereocenters. The number of hydrogen-bond donors (Lipinski definition) is 2. The number of ether oxygens (including phenoxy) is 1. The minimum atomic E-state index is -0.00619. The van der Waals surface area contributed by atoms with Crippen molar-refractivity contribution in [2.45, 2.75) is 20.3 Å². The van der Waals surface area contributed by atoms with Crippen molar-refractivity contribution in [3.05, 3.63) is 11.9 Å². The molecule has 2 N–H and O–H groups in total. The molecule has 0 saturated heterocycles. The van der Waals surface area contributed by atoms with E-state index in [1.165, 1.54) is 0 Å². The van der Waals surface area contributed by atoms with Crippen LogP contribution >= 0.6 is 0 Å². The average Bonchev–Trinajstić information content (AvgIpc) is 2.28. The van der Waals surface area contributed by atoms with Crippen molar-refractivity contribution in [2.75, 3.05) is 25.5 Å².